The predicted octanol–water partition coefficient (Wildman–Crippen LogP) is 4.29. The molecule has 1 heterocycles. The first-order chi connectivity index (χ1) is 10.6. The second-order valence-corrected chi connectivity index (χ2v) is 6.65. The molecule has 1 aromatic carbocycles. The molecule has 0 bridgehead atoms. The molecular formula is C16H22ClIN4S. The Balaban J connectivity index is 0.00000264. The van der Waals surface area contributed by atoms with Gasteiger partial charge in [-0.3, -0.25) is 0 Å². The zero-order chi connectivity index (χ0) is 15.9. The minimum atomic E-state index is 0. The van der Waals surface area contributed by atoms with Gasteiger partial charge in [0.2, 0.25) is 0 Å². The van der Waals surface area contributed by atoms with E-state index in [0.717, 1.165) is 33.8 Å². The van der Waals surface area contributed by atoms with Gasteiger partial charge in [0.15, 0.2) is 5.96 Å². The summed E-state index contributed by atoms with van der Waals surface area (Å²) in [7, 11) is 0. The van der Waals surface area contributed by atoms with E-state index in [-0.39, 0.29) is 24.0 Å². The smallest absolute Gasteiger partial charge is 0.191 e. The minimum Gasteiger partial charge on any atom is -0.357 e. The number of aryl methyl sites for hydroxylation is 2. The van der Waals surface area contributed by atoms with Gasteiger partial charge in [-0.05, 0) is 38.5 Å². The van der Waals surface area contributed by atoms with Crippen LogP contribution in [0.5, 0.6) is 0 Å². The van der Waals surface area contributed by atoms with Crippen LogP contribution in [0.3, 0.4) is 0 Å². The number of rotatable bonds is 5. The molecule has 126 valence electrons. The Bertz CT molecular complexity index is 621. The molecule has 0 saturated heterocycles. The molecule has 0 aliphatic rings. The van der Waals surface area contributed by atoms with Crippen LogP contribution in [0.15, 0.2) is 29.3 Å². The Morgan fingerprint density at radius 3 is 2.48 bits per heavy atom. The zero-order valence-corrected chi connectivity index (χ0v) is 17.4. The lowest BCUT2D eigenvalue weighted by Gasteiger charge is -2.10. The minimum absolute atomic E-state index is 0. The van der Waals surface area contributed by atoms with Crippen LogP contribution in [0.4, 0.5) is 0 Å². The number of benzene rings is 1. The number of hydrogen-bond donors (Lipinski definition) is 2. The van der Waals surface area contributed by atoms with Gasteiger partial charge in [0.25, 0.3) is 0 Å². The van der Waals surface area contributed by atoms with Crippen molar-refractivity contribution in [2.24, 2.45) is 4.99 Å². The third-order valence-electron chi connectivity index (χ3n) is 3.16. The molecular weight excluding hydrogens is 443 g/mol. The van der Waals surface area contributed by atoms with Crippen molar-refractivity contribution in [3.63, 3.8) is 0 Å². The summed E-state index contributed by atoms with van der Waals surface area (Å²) in [6.45, 7) is 8.30. The first-order valence-corrected chi connectivity index (χ1v) is 8.47. The molecule has 2 rings (SSSR count). The molecule has 0 radical (unpaired) electrons. The second kappa shape index (κ2) is 10.1. The number of nitrogens with one attached hydrogen (secondary N) is 2. The van der Waals surface area contributed by atoms with Crippen molar-refractivity contribution in [1.29, 1.82) is 0 Å². The molecule has 0 atom stereocenters. The molecule has 1 aromatic heterocycles. The highest BCUT2D eigenvalue weighted by molar-refractivity contribution is 14.0. The third-order valence-corrected chi connectivity index (χ3v) is 4.48. The summed E-state index contributed by atoms with van der Waals surface area (Å²) in [5.41, 5.74) is 2.23. The highest BCUT2D eigenvalue weighted by atomic mass is 127. The van der Waals surface area contributed by atoms with Gasteiger partial charge >= 0.3 is 0 Å². The van der Waals surface area contributed by atoms with Crippen LogP contribution in [0.25, 0.3) is 0 Å². The van der Waals surface area contributed by atoms with E-state index in [9.17, 15) is 0 Å². The topological polar surface area (TPSA) is 49.3 Å². The fourth-order valence-electron chi connectivity index (χ4n) is 1.88. The normalized spacial score (nSPS) is 11.0. The standard InChI is InChI=1S/C16H21ClN4S.HI/c1-4-18-16(19-9-13-5-7-14(17)8-6-13)20-10-15-21-11(2)12(3)22-15;/h5-8H,4,9-10H2,1-3H3,(H2,18,19,20);1H. The van der Waals surface area contributed by atoms with Gasteiger partial charge in [0.05, 0.1) is 18.8 Å². The average molecular weight is 465 g/mol. The molecule has 0 amide bonds. The Kier molecular flexibility index (Phi) is 8.86. The summed E-state index contributed by atoms with van der Waals surface area (Å²) >= 11 is 7.61. The molecule has 0 unspecified atom stereocenters. The van der Waals surface area contributed by atoms with Gasteiger partial charge in [-0.2, -0.15) is 0 Å². The number of thiazole rings is 1. The SMILES string of the molecule is CCNC(=NCc1ccc(Cl)cc1)NCc1nc(C)c(C)s1.I. The van der Waals surface area contributed by atoms with Crippen LogP contribution in [0.2, 0.25) is 5.02 Å². The van der Waals surface area contributed by atoms with Crippen molar-refractivity contribution in [3.05, 3.63) is 50.4 Å². The van der Waals surface area contributed by atoms with E-state index in [1.807, 2.05) is 31.2 Å². The van der Waals surface area contributed by atoms with Crippen molar-refractivity contribution >= 4 is 52.9 Å². The number of aliphatic imine (C=N–C) groups is 1. The van der Waals surface area contributed by atoms with Gasteiger partial charge < -0.3 is 10.6 Å². The van der Waals surface area contributed by atoms with Crippen molar-refractivity contribution in [2.75, 3.05) is 6.54 Å². The van der Waals surface area contributed by atoms with Gasteiger partial charge in [0.1, 0.15) is 5.01 Å². The Hall–Kier alpha value is -0.860. The quantitative estimate of drug-likeness (QED) is 0.394. The Morgan fingerprint density at radius 1 is 1.22 bits per heavy atom. The summed E-state index contributed by atoms with van der Waals surface area (Å²) in [6, 6.07) is 7.74. The number of halogens is 2. The highest BCUT2D eigenvalue weighted by Crippen LogP contribution is 2.16. The van der Waals surface area contributed by atoms with Crippen molar-refractivity contribution < 1.29 is 0 Å². The van der Waals surface area contributed by atoms with E-state index in [1.54, 1.807) is 11.3 Å². The van der Waals surface area contributed by atoms with E-state index >= 15 is 0 Å². The summed E-state index contributed by atoms with van der Waals surface area (Å²) in [4.78, 5) is 10.4. The summed E-state index contributed by atoms with van der Waals surface area (Å²) < 4.78 is 0. The lowest BCUT2D eigenvalue weighted by Crippen LogP contribution is -2.36. The summed E-state index contributed by atoms with van der Waals surface area (Å²) in [6.07, 6.45) is 0. The highest BCUT2D eigenvalue weighted by Gasteiger charge is 2.04. The zero-order valence-electron chi connectivity index (χ0n) is 13.5. The van der Waals surface area contributed by atoms with E-state index < -0.39 is 0 Å². The first kappa shape index (κ1) is 20.2. The number of aromatic nitrogens is 1. The van der Waals surface area contributed by atoms with Gasteiger partial charge in [-0.1, -0.05) is 23.7 Å². The fourth-order valence-corrected chi connectivity index (χ4v) is 2.88. The average Bonchev–Trinajstić information content (AvgIpc) is 2.82. The molecule has 2 N–H and O–H groups in total. The number of hydrogen-bond acceptors (Lipinski definition) is 3. The van der Waals surface area contributed by atoms with Crippen molar-refractivity contribution in [3.8, 4) is 0 Å². The number of guanidine groups is 1. The maximum absolute atomic E-state index is 5.89. The Morgan fingerprint density at radius 2 is 1.91 bits per heavy atom. The molecule has 23 heavy (non-hydrogen) atoms. The molecule has 0 aliphatic heterocycles. The van der Waals surface area contributed by atoms with E-state index in [2.05, 4.69) is 34.5 Å². The second-order valence-electron chi connectivity index (χ2n) is 4.92. The summed E-state index contributed by atoms with van der Waals surface area (Å²) in [5, 5.41) is 8.38. The van der Waals surface area contributed by atoms with Crippen LogP contribution >= 0.6 is 46.9 Å². The third kappa shape index (κ3) is 6.64. The van der Waals surface area contributed by atoms with Crippen LogP contribution in [0, 0.1) is 13.8 Å². The lowest BCUT2D eigenvalue weighted by atomic mass is 10.2. The van der Waals surface area contributed by atoms with Crippen LogP contribution < -0.4 is 10.6 Å². The molecule has 0 spiro atoms. The fraction of sp³-hybridized carbons (Fsp3) is 0.375. The predicted molar refractivity (Wildman–Crippen MR) is 110 cm³/mol. The lowest BCUT2D eigenvalue weighted by molar-refractivity contribution is 0.809. The summed E-state index contributed by atoms with van der Waals surface area (Å²) in [5.74, 6) is 0.794. The molecule has 0 aliphatic carbocycles. The maximum Gasteiger partial charge on any atom is 0.191 e. The van der Waals surface area contributed by atoms with E-state index in [4.69, 9.17) is 11.6 Å². The van der Waals surface area contributed by atoms with Crippen LogP contribution in [0.1, 0.15) is 28.1 Å². The van der Waals surface area contributed by atoms with Crippen molar-refractivity contribution in [1.82, 2.24) is 15.6 Å². The van der Waals surface area contributed by atoms with Gasteiger partial charge in [-0.15, -0.1) is 35.3 Å². The maximum atomic E-state index is 5.89. The van der Waals surface area contributed by atoms with Crippen molar-refractivity contribution in [2.45, 2.75) is 33.9 Å². The van der Waals surface area contributed by atoms with E-state index in [1.165, 1.54) is 4.88 Å². The molecule has 2 aromatic rings. The largest absolute Gasteiger partial charge is 0.357 e. The Labute approximate surface area is 163 Å². The van der Waals surface area contributed by atoms with Crippen LogP contribution in [-0.2, 0) is 13.1 Å². The molecule has 0 fully saturated rings. The van der Waals surface area contributed by atoms with Crippen LogP contribution in [-0.4, -0.2) is 17.5 Å². The first-order valence-electron chi connectivity index (χ1n) is 7.28. The van der Waals surface area contributed by atoms with E-state index in [0.29, 0.717) is 13.1 Å². The number of nitrogens with zero attached hydrogens (tertiary/aromatic N) is 2. The van der Waals surface area contributed by atoms with Gasteiger partial charge in [-0.25, -0.2) is 9.98 Å². The molecule has 4 nitrogen and oxygen atoms in total. The molecule has 7 heteroatoms. The van der Waals surface area contributed by atoms with Gasteiger partial charge in [0, 0.05) is 16.4 Å². The molecule has 0 saturated carbocycles. The monoisotopic (exact) mass is 464 g/mol.